The first-order valence-electron chi connectivity index (χ1n) is 8.32. The predicted octanol–water partition coefficient (Wildman–Crippen LogP) is 3.30. The van der Waals surface area contributed by atoms with Crippen LogP contribution in [0.15, 0.2) is 60.9 Å². The molecule has 0 spiro atoms. The van der Waals surface area contributed by atoms with Crippen molar-refractivity contribution in [2.45, 2.75) is 6.92 Å². The normalized spacial score (nSPS) is 9.86. The van der Waals surface area contributed by atoms with Gasteiger partial charge in [0.05, 0.1) is 17.2 Å². The van der Waals surface area contributed by atoms with Gasteiger partial charge < -0.3 is 16.0 Å². The van der Waals surface area contributed by atoms with Crippen molar-refractivity contribution in [1.29, 1.82) is 5.26 Å². The van der Waals surface area contributed by atoms with Crippen LogP contribution in [0.25, 0.3) is 0 Å². The molecule has 3 N–H and O–H groups in total. The van der Waals surface area contributed by atoms with E-state index >= 15 is 0 Å². The number of carbonyl (C=O) groups excluding carboxylic acids is 2. The van der Waals surface area contributed by atoms with Crippen LogP contribution >= 0.6 is 0 Å². The zero-order valence-electron chi connectivity index (χ0n) is 14.9. The smallest absolute Gasteiger partial charge is 0.258 e. The SMILES string of the molecule is CC(=O)Nc1ccc(NC(=O)c2cnc(Nc3ccc(C#N)cc3)nc2)cc1. The van der Waals surface area contributed by atoms with E-state index in [0.29, 0.717) is 28.5 Å². The minimum Gasteiger partial charge on any atom is -0.326 e. The Morgan fingerprint density at radius 3 is 1.93 bits per heavy atom. The highest BCUT2D eigenvalue weighted by Crippen LogP contribution is 2.16. The molecule has 2 amide bonds. The Morgan fingerprint density at radius 2 is 1.39 bits per heavy atom. The highest BCUT2D eigenvalue weighted by molar-refractivity contribution is 6.04. The summed E-state index contributed by atoms with van der Waals surface area (Å²) in [5, 5.41) is 17.2. The van der Waals surface area contributed by atoms with Crippen LogP contribution in [-0.4, -0.2) is 21.8 Å². The fraction of sp³-hybridized carbons (Fsp3) is 0.0500. The first kappa shape index (κ1) is 18.5. The number of nitrogens with zero attached hydrogens (tertiary/aromatic N) is 3. The van der Waals surface area contributed by atoms with E-state index in [1.165, 1.54) is 19.3 Å². The molecule has 8 nitrogen and oxygen atoms in total. The number of nitrogens with one attached hydrogen (secondary N) is 3. The number of aromatic nitrogens is 2. The lowest BCUT2D eigenvalue weighted by Gasteiger charge is -2.08. The van der Waals surface area contributed by atoms with Gasteiger partial charge in [0.25, 0.3) is 5.91 Å². The summed E-state index contributed by atoms with van der Waals surface area (Å²) in [6.45, 7) is 1.43. The average Bonchev–Trinajstić information content (AvgIpc) is 2.70. The van der Waals surface area contributed by atoms with E-state index in [2.05, 4.69) is 25.9 Å². The Hall–Kier alpha value is -4.25. The molecule has 0 unspecified atom stereocenters. The molecule has 1 aromatic heterocycles. The van der Waals surface area contributed by atoms with E-state index in [1.807, 2.05) is 6.07 Å². The van der Waals surface area contributed by atoms with Crippen LogP contribution in [0.5, 0.6) is 0 Å². The molecular formula is C20H16N6O2. The molecular weight excluding hydrogens is 356 g/mol. The van der Waals surface area contributed by atoms with Gasteiger partial charge in [0.1, 0.15) is 0 Å². The molecule has 3 aromatic rings. The van der Waals surface area contributed by atoms with E-state index in [1.54, 1.807) is 48.5 Å². The largest absolute Gasteiger partial charge is 0.326 e. The molecule has 0 aliphatic carbocycles. The predicted molar refractivity (Wildman–Crippen MR) is 105 cm³/mol. The van der Waals surface area contributed by atoms with Crippen molar-refractivity contribution in [3.63, 3.8) is 0 Å². The summed E-state index contributed by atoms with van der Waals surface area (Å²) in [5.74, 6) is -0.179. The molecule has 8 heteroatoms. The summed E-state index contributed by atoms with van der Waals surface area (Å²) >= 11 is 0. The van der Waals surface area contributed by atoms with Gasteiger partial charge in [-0.05, 0) is 48.5 Å². The van der Waals surface area contributed by atoms with Crippen LogP contribution in [0.2, 0.25) is 0 Å². The monoisotopic (exact) mass is 372 g/mol. The minimum absolute atomic E-state index is 0.163. The van der Waals surface area contributed by atoms with Crippen molar-refractivity contribution >= 4 is 34.8 Å². The molecule has 138 valence electrons. The molecule has 3 rings (SSSR count). The number of hydrogen-bond acceptors (Lipinski definition) is 6. The highest BCUT2D eigenvalue weighted by atomic mass is 16.2. The molecule has 1 heterocycles. The van der Waals surface area contributed by atoms with E-state index in [4.69, 9.17) is 5.26 Å². The van der Waals surface area contributed by atoms with Crippen molar-refractivity contribution in [2.75, 3.05) is 16.0 Å². The molecule has 0 atom stereocenters. The second kappa shape index (κ2) is 8.42. The van der Waals surface area contributed by atoms with Crippen molar-refractivity contribution in [3.05, 3.63) is 72.1 Å². The van der Waals surface area contributed by atoms with Gasteiger partial charge >= 0.3 is 0 Å². The lowest BCUT2D eigenvalue weighted by molar-refractivity contribution is -0.114. The maximum absolute atomic E-state index is 12.3. The van der Waals surface area contributed by atoms with Gasteiger partial charge in [-0.15, -0.1) is 0 Å². The van der Waals surface area contributed by atoms with Gasteiger partial charge in [-0.1, -0.05) is 0 Å². The van der Waals surface area contributed by atoms with Crippen molar-refractivity contribution in [3.8, 4) is 6.07 Å². The second-order valence-electron chi connectivity index (χ2n) is 5.82. The van der Waals surface area contributed by atoms with Gasteiger partial charge in [-0.2, -0.15) is 5.26 Å². The van der Waals surface area contributed by atoms with Crippen LogP contribution in [0.1, 0.15) is 22.8 Å². The molecule has 0 aliphatic heterocycles. The molecule has 0 aliphatic rings. The Balaban J connectivity index is 1.61. The summed E-state index contributed by atoms with van der Waals surface area (Å²) in [7, 11) is 0. The molecule has 2 aromatic carbocycles. The number of rotatable bonds is 5. The van der Waals surface area contributed by atoms with E-state index in [0.717, 1.165) is 5.69 Å². The molecule has 0 radical (unpaired) electrons. The fourth-order valence-corrected chi connectivity index (χ4v) is 2.31. The van der Waals surface area contributed by atoms with Gasteiger partial charge in [-0.3, -0.25) is 9.59 Å². The Morgan fingerprint density at radius 1 is 0.857 bits per heavy atom. The van der Waals surface area contributed by atoms with E-state index < -0.39 is 0 Å². The summed E-state index contributed by atoms with van der Waals surface area (Å²) < 4.78 is 0. The molecule has 0 fully saturated rings. The van der Waals surface area contributed by atoms with E-state index in [-0.39, 0.29) is 11.8 Å². The number of carbonyl (C=O) groups is 2. The molecule has 0 bridgehead atoms. The van der Waals surface area contributed by atoms with E-state index in [9.17, 15) is 9.59 Å². The van der Waals surface area contributed by atoms with Crippen molar-refractivity contribution < 1.29 is 9.59 Å². The van der Waals surface area contributed by atoms with Gasteiger partial charge in [0.15, 0.2) is 0 Å². The maximum Gasteiger partial charge on any atom is 0.258 e. The lowest BCUT2D eigenvalue weighted by Crippen LogP contribution is -2.13. The van der Waals surface area contributed by atoms with Gasteiger partial charge in [0, 0.05) is 36.4 Å². The van der Waals surface area contributed by atoms with Gasteiger partial charge in [-0.25, -0.2) is 9.97 Å². The maximum atomic E-state index is 12.3. The van der Waals surface area contributed by atoms with Crippen LogP contribution in [-0.2, 0) is 4.79 Å². The number of amides is 2. The minimum atomic E-state index is -0.350. The summed E-state index contributed by atoms with van der Waals surface area (Å²) in [4.78, 5) is 31.6. The number of benzene rings is 2. The number of hydrogen-bond donors (Lipinski definition) is 3. The molecule has 0 saturated heterocycles. The Labute approximate surface area is 161 Å². The Kier molecular flexibility index (Phi) is 5.58. The molecule has 0 saturated carbocycles. The van der Waals surface area contributed by atoms with Crippen LogP contribution in [0.3, 0.4) is 0 Å². The van der Waals surface area contributed by atoms with Crippen molar-refractivity contribution in [2.24, 2.45) is 0 Å². The van der Waals surface area contributed by atoms with Crippen molar-refractivity contribution in [1.82, 2.24) is 9.97 Å². The quantitative estimate of drug-likeness (QED) is 0.632. The summed E-state index contributed by atoms with van der Waals surface area (Å²) in [6, 6.07) is 15.7. The highest BCUT2D eigenvalue weighted by Gasteiger charge is 2.08. The third-order valence-electron chi connectivity index (χ3n) is 3.65. The summed E-state index contributed by atoms with van der Waals surface area (Å²) in [5.41, 5.74) is 2.82. The third-order valence-corrected chi connectivity index (χ3v) is 3.65. The first-order valence-corrected chi connectivity index (χ1v) is 8.32. The van der Waals surface area contributed by atoms with Crippen LogP contribution in [0, 0.1) is 11.3 Å². The van der Waals surface area contributed by atoms with Gasteiger partial charge in [0.2, 0.25) is 11.9 Å². The first-order chi connectivity index (χ1) is 13.5. The van der Waals surface area contributed by atoms with Crippen LogP contribution in [0.4, 0.5) is 23.0 Å². The second-order valence-corrected chi connectivity index (χ2v) is 5.82. The zero-order chi connectivity index (χ0) is 19.9. The standard InChI is InChI=1S/C20H16N6O2/c1-13(27)24-16-6-8-17(9-7-16)25-19(28)15-11-22-20(23-12-15)26-18-4-2-14(10-21)3-5-18/h2-9,11-12H,1H3,(H,24,27)(H,25,28)(H,22,23,26). The number of nitriles is 1. The van der Waals surface area contributed by atoms with Crippen LogP contribution < -0.4 is 16.0 Å². The third kappa shape index (κ3) is 4.89. The lowest BCUT2D eigenvalue weighted by atomic mass is 10.2. The summed E-state index contributed by atoms with van der Waals surface area (Å²) in [6.07, 6.45) is 2.83. The Bertz CT molecular complexity index is 1020. The topological polar surface area (TPSA) is 120 Å². The molecule has 28 heavy (non-hydrogen) atoms. The average molecular weight is 372 g/mol. The zero-order valence-corrected chi connectivity index (χ0v) is 14.9. The number of anilines is 4. The fourth-order valence-electron chi connectivity index (χ4n) is 2.31.